The minimum absolute atomic E-state index is 0.169. The SMILES string of the molecule is CCCCCCCCCC1=CC=CC(C)(S(=O)(=O)O)C1C. The molecule has 0 aromatic rings. The molecular formula is C17H30O3S. The molecule has 0 spiro atoms. The Kier molecular flexibility index (Phi) is 7.14. The number of unbranched alkanes of at least 4 members (excludes halogenated alkanes) is 6. The number of hydrogen-bond acceptors (Lipinski definition) is 2. The molecule has 122 valence electrons. The molecular weight excluding hydrogens is 284 g/mol. The van der Waals surface area contributed by atoms with Crippen LogP contribution in [0.25, 0.3) is 0 Å². The van der Waals surface area contributed by atoms with Crippen molar-refractivity contribution in [2.75, 3.05) is 0 Å². The van der Waals surface area contributed by atoms with Crippen molar-refractivity contribution in [1.82, 2.24) is 0 Å². The van der Waals surface area contributed by atoms with Crippen LogP contribution in [0.5, 0.6) is 0 Å². The first kappa shape index (κ1) is 18.4. The highest BCUT2D eigenvalue weighted by Crippen LogP contribution is 2.37. The number of allylic oxidation sites excluding steroid dienone is 3. The smallest absolute Gasteiger partial charge is 0.274 e. The molecule has 0 saturated heterocycles. The van der Waals surface area contributed by atoms with Crippen molar-refractivity contribution in [2.45, 2.75) is 76.9 Å². The van der Waals surface area contributed by atoms with Gasteiger partial charge in [0.2, 0.25) is 0 Å². The summed E-state index contributed by atoms with van der Waals surface area (Å²) in [5.41, 5.74) is 1.13. The van der Waals surface area contributed by atoms with Gasteiger partial charge in [-0.2, -0.15) is 8.42 Å². The van der Waals surface area contributed by atoms with Crippen LogP contribution in [-0.4, -0.2) is 17.7 Å². The molecule has 0 bridgehead atoms. The molecule has 2 atom stereocenters. The van der Waals surface area contributed by atoms with E-state index in [0.717, 1.165) is 18.4 Å². The molecule has 1 N–H and O–H groups in total. The van der Waals surface area contributed by atoms with Crippen molar-refractivity contribution in [3.8, 4) is 0 Å². The molecule has 0 aliphatic heterocycles. The van der Waals surface area contributed by atoms with Crippen LogP contribution < -0.4 is 0 Å². The predicted octanol–water partition coefficient (Wildman–Crippen LogP) is 4.91. The maximum atomic E-state index is 11.6. The van der Waals surface area contributed by atoms with Crippen molar-refractivity contribution >= 4 is 10.1 Å². The van der Waals surface area contributed by atoms with Gasteiger partial charge in [0.1, 0.15) is 4.75 Å². The molecule has 1 rings (SSSR count). The van der Waals surface area contributed by atoms with Crippen LogP contribution in [-0.2, 0) is 10.1 Å². The van der Waals surface area contributed by atoms with Crippen LogP contribution in [0, 0.1) is 5.92 Å². The van der Waals surface area contributed by atoms with E-state index in [-0.39, 0.29) is 5.92 Å². The largest absolute Gasteiger partial charge is 0.285 e. The molecule has 0 saturated carbocycles. The summed E-state index contributed by atoms with van der Waals surface area (Å²) in [6.07, 6.45) is 15.0. The van der Waals surface area contributed by atoms with Gasteiger partial charge in [0.25, 0.3) is 10.1 Å². The lowest BCUT2D eigenvalue weighted by Gasteiger charge is -2.33. The molecule has 0 amide bonds. The van der Waals surface area contributed by atoms with E-state index in [1.807, 2.05) is 13.0 Å². The second-order valence-electron chi connectivity index (χ2n) is 6.35. The highest BCUT2D eigenvalue weighted by Gasteiger charge is 2.43. The quantitative estimate of drug-likeness (QED) is 0.486. The Morgan fingerprint density at radius 3 is 2.29 bits per heavy atom. The van der Waals surface area contributed by atoms with Crippen molar-refractivity contribution < 1.29 is 13.0 Å². The van der Waals surface area contributed by atoms with E-state index in [0.29, 0.717) is 0 Å². The first-order chi connectivity index (χ1) is 9.83. The van der Waals surface area contributed by atoms with Gasteiger partial charge in [-0.1, -0.05) is 76.2 Å². The number of rotatable bonds is 9. The molecule has 4 heteroatoms. The molecule has 0 radical (unpaired) electrons. The second kappa shape index (κ2) is 8.14. The van der Waals surface area contributed by atoms with Crippen molar-refractivity contribution in [3.05, 3.63) is 23.8 Å². The van der Waals surface area contributed by atoms with E-state index in [2.05, 4.69) is 6.92 Å². The molecule has 0 aromatic carbocycles. The number of hydrogen-bond donors (Lipinski definition) is 1. The highest BCUT2D eigenvalue weighted by molar-refractivity contribution is 7.87. The van der Waals surface area contributed by atoms with E-state index in [1.54, 1.807) is 19.1 Å². The van der Waals surface area contributed by atoms with Gasteiger partial charge in [0, 0.05) is 5.92 Å². The summed E-state index contributed by atoms with van der Waals surface area (Å²) in [6.45, 7) is 5.71. The lowest BCUT2D eigenvalue weighted by atomic mass is 9.81. The van der Waals surface area contributed by atoms with Gasteiger partial charge in [0.05, 0.1) is 0 Å². The summed E-state index contributed by atoms with van der Waals surface area (Å²) >= 11 is 0. The average molecular weight is 314 g/mol. The molecule has 0 heterocycles. The van der Waals surface area contributed by atoms with Gasteiger partial charge < -0.3 is 0 Å². The highest BCUT2D eigenvalue weighted by atomic mass is 32.2. The third-order valence-electron chi connectivity index (χ3n) is 4.78. The zero-order chi connectivity index (χ0) is 15.9. The Morgan fingerprint density at radius 1 is 1.14 bits per heavy atom. The van der Waals surface area contributed by atoms with Crippen LogP contribution >= 0.6 is 0 Å². The fourth-order valence-corrected chi connectivity index (χ4v) is 3.76. The van der Waals surface area contributed by atoms with Crippen LogP contribution in [0.3, 0.4) is 0 Å². The van der Waals surface area contributed by atoms with E-state index >= 15 is 0 Å². The van der Waals surface area contributed by atoms with E-state index < -0.39 is 14.9 Å². The zero-order valence-electron chi connectivity index (χ0n) is 13.6. The molecule has 0 fully saturated rings. The molecule has 0 aromatic heterocycles. The van der Waals surface area contributed by atoms with Crippen molar-refractivity contribution in [2.24, 2.45) is 5.92 Å². The van der Waals surface area contributed by atoms with Gasteiger partial charge >= 0.3 is 0 Å². The lowest BCUT2D eigenvalue weighted by Crippen LogP contribution is -2.41. The minimum atomic E-state index is -4.08. The van der Waals surface area contributed by atoms with Gasteiger partial charge in [-0.3, -0.25) is 4.55 Å². The fourth-order valence-electron chi connectivity index (χ4n) is 2.92. The Bertz CT molecular complexity index is 476. The zero-order valence-corrected chi connectivity index (χ0v) is 14.5. The Hall–Kier alpha value is -0.610. The van der Waals surface area contributed by atoms with Crippen LogP contribution in [0.1, 0.15) is 72.1 Å². The predicted molar refractivity (Wildman–Crippen MR) is 89.0 cm³/mol. The van der Waals surface area contributed by atoms with Crippen molar-refractivity contribution in [1.29, 1.82) is 0 Å². The topological polar surface area (TPSA) is 54.4 Å². The molecule has 1 aliphatic carbocycles. The summed E-state index contributed by atoms with van der Waals surface area (Å²) in [5.74, 6) is -0.169. The maximum Gasteiger partial charge on any atom is 0.274 e. The van der Waals surface area contributed by atoms with E-state index in [9.17, 15) is 13.0 Å². The summed E-state index contributed by atoms with van der Waals surface area (Å²) in [7, 11) is -4.08. The Balaban J connectivity index is 2.43. The first-order valence-electron chi connectivity index (χ1n) is 8.18. The average Bonchev–Trinajstić information content (AvgIpc) is 2.41. The minimum Gasteiger partial charge on any atom is -0.285 e. The fraction of sp³-hybridized carbons (Fsp3) is 0.765. The monoisotopic (exact) mass is 314 g/mol. The van der Waals surface area contributed by atoms with E-state index in [1.165, 1.54) is 38.5 Å². The summed E-state index contributed by atoms with van der Waals surface area (Å²) in [4.78, 5) is 0. The molecule has 2 unspecified atom stereocenters. The Labute approximate surface area is 130 Å². The van der Waals surface area contributed by atoms with E-state index in [4.69, 9.17) is 0 Å². The van der Waals surface area contributed by atoms with Crippen LogP contribution in [0.15, 0.2) is 23.8 Å². The van der Waals surface area contributed by atoms with Crippen LogP contribution in [0.4, 0.5) is 0 Å². The third kappa shape index (κ3) is 4.96. The lowest BCUT2D eigenvalue weighted by molar-refractivity contribution is 0.414. The second-order valence-corrected chi connectivity index (χ2v) is 8.18. The normalized spacial score (nSPS) is 25.9. The van der Waals surface area contributed by atoms with Gasteiger partial charge in [-0.15, -0.1) is 0 Å². The van der Waals surface area contributed by atoms with Gasteiger partial charge in [-0.05, 0) is 19.8 Å². The molecule has 1 aliphatic rings. The van der Waals surface area contributed by atoms with Crippen LogP contribution in [0.2, 0.25) is 0 Å². The summed E-state index contributed by atoms with van der Waals surface area (Å²) in [6, 6.07) is 0. The summed E-state index contributed by atoms with van der Waals surface area (Å²) in [5, 5.41) is 0. The standard InChI is InChI=1S/C17H30O3S/c1-4-5-6-7-8-9-10-12-16-13-11-14-17(3,15(16)2)21(18,19)20/h11,13-15H,4-10,12H2,1-3H3,(H,18,19,20). The van der Waals surface area contributed by atoms with Gasteiger partial charge in [0.15, 0.2) is 0 Å². The molecule has 21 heavy (non-hydrogen) atoms. The third-order valence-corrected chi connectivity index (χ3v) is 6.38. The van der Waals surface area contributed by atoms with Gasteiger partial charge in [-0.25, -0.2) is 0 Å². The first-order valence-corrected chi connectivity index (χ1v) is 9.62. The Morgan fingerprint density at radius 2 is 1.71 bits per heavy atom. The summed E-state index contributed by atoms with van der Waals surface area (Å²) < 4.78 is 31.5. The maximum absolute atomic E-state index is 11.6. The molecule has 3 nitrogen and oxygen atoms in total. The van der Waals surface area contributed by atoms with Crippen molar-refractivity contribution in [3.63, 3.8) is 0 Å².